The quantitative estimate of drug-likeness (QED) is 0.292. The summed E-state index contributed by atoms with van der Waals surface area (Å²) in [6, 6.07) is 11.4. The summed E-state index contributed by atoms with van der Waals surface area (Å²) in [7, 11) is 0. The highest BCUT2D eigenvalue weighted by atomic mass is 16.7. The minimum absolute atomic E-state index is 0.0443. The molecule has 3 N–H and O–H groups in total. The van der Waals surface area contributed by atoms with Gasteiger partial charge in [0, 0.05) is 30.3 Å². The van der Waals surface area contributed by atoms with Crippen LogP contribution in [0.2, 0.25) is 0 Å². The van der Waals surface area contributed by atoms with Crippen molar-refractivity contribution in [2.45, 2.75) is 38.2 Å². The van der Waals surface area contributed by atoms with E-state index in [0.29, 0.717) is 42.9 Å². The van der Waals surface area contributed by atoms with E-state index >= 15 is 0 Å². The maximum Gasteiger partial charge on any atom is 0.335 e. The van der Waals surface area contributed by atoms with Gasteiger partial charge in [0.2, 0.25) is 0 Å². The Labute approximate surface area is 219 Å². The number of para-hydroxylation sites is 1. The van der Waals surface area contributed by atoms with Gasteiger partial charge in [-0.3, -0.25) is 4.79 Å². The summed E-state index contributed by atoms with van der Waals surface area (Å²) in [5, 5.41) is 29.0. The van der Waals surface area contributed by atoms with E-state index in [2.05, 4.69) is 4.98 Å². The molecule has 1 aromatic heterocycles. The molecular weight excluding hydrogens is 492 g/mol. The zero-order valence-corrected chi connectivity index (χ0v) is 20.7. The molecule has 1 aliphatic rings. The molecule has 1 saturated heterocycles. The number of carboxylic acid groups (broad SMARTS) is 2. The molecule has 0 unspecified atom stereocenters. The Kier molecular flexibility index (Phi) is 9.12. The van der Waals surface area contributed by atoms with Gasteiger partial charge < -0.3 is 34.1 Å². The van der Waals surface area contributed by atoms with Gasteiger partial charge in [-0.1, -0.05) is 30.4 Å². The van der Waals surface area contributed by atoms with E-state index in [-0.39, 0.29) is 30.3 Å². The predicted octanol–water partition coefficient (Wildman–Crippen LogP) is 4.58. The van der Waals surface area contributed by atoms with Crippen molar-refractivity contribution in [2.75, 3.05) is 13.2 Å². The maximum absolute atomic E-state index is 11.7. The zero-order valence-electron chi connectivity index (χ0n) is 20.7. The number of rotatable bonds is 12. The SMILES string of the molecule is O=C(O)CC/C=C\C[C@@H]1CO[C@H](c2cc(C(=O)O)ccc2OCCn2ccnc2)O[C@@H]1c1ccccc1O. The van der Waals surface area contributed by atoms with Gasteiger partial charge >= 0.3 is 11.9 Å². The van der Waals surface area contributed by atoms with Crippen molar-refractivity contribution in [3.8, 4) is 11.5 Å². The molecule has 10 heteroatoms. The first-order chi connectivity index (χ1) is 18.4. The Hall–Kier alpha value is -4.15. The van der Waals surface area contributed by atoms with Crippen molar-refractivity contribution in [1.82, 2.24) is 9.55 Å². The monoisotopic (exact) mass is 522 g/mol. The molecule has 2 heterocycles. The van der Waals surface area contributed by atoms with Crippen molar-refractivity contribution in [3.63, 3.8) is 0 Å². The summed E-state index contributed by atoms with van der Waals surface area (Å²) in [5.41, 5.74) is 1.09. The minimum atomic E-state index is -1.09. The van der Waals surface area contributed by atoms with Crippen LogP contribution >= 0.6 is 0 Å². The number of hydrogen-bond acceptors (Lipinski definition) is 7. The number of benzene rings is 2. The molecule has 200 valence electrons. The summed E-state index contributed by atoms with van der Waals surface area (Å²) in [6.45, 7) is 1.12. The maximum atomic E-state index is 11.7. The molecule has 0 saturated carbocycles. The molecule has 1 fully saturated rings. The summed E-state index contributed by atoms with van der Waals surface area (Å²) >= 11 is 0. The average molecular weight is 523 g/mol. The number of imidazole rings is 1. The number of ether oxygens (including phenoxy) is 3. The fraction of sp³-hybridized carbons (Fsp3) is 0.321. The summed E-state index contributed by atoms with van der Waals surface area (Å²) in [4.78, 5) is 26.5. The minimum Gasteiger partial charge on any atom is -0.508 e. The fourth-order valence-corrected chi connectivity index (χ4v) is 4.26. The molecule has 0 spiro atoms. The van der Waals surface area contributed by atoms with Gasteiger partial charge in [-0.05, 0) is 37.1 Å². The normalized spacial score (nSPS) is 19.4. The molecular formula is C28H30N2O8. The number of phenolic OH excluding ortho intramolecular Hbond substituents is 1. The van der Waals surface area contributed by atoms with E-state index in [1.807, 2.05) is 22.9 Å². The Morgan fingerprint density at radius 2 is 1.97 bits per heavy atom. The molecule has 0 amide bonds. The Morgan fingerprint density at radius 1 is 1.13 bits per heavy atom. The first kappa shape index (κ1) is 26.9. The van der Waals surface area contributed by atoms with Crippen LogP contribution in [0.3, 0.4) is 0 Å². The first-order valence-corrected chi connectivity index (χ1v) is 12.3. The molecule has 10 nitrogen and oxygen atoms in total. The Balaban J connectivity index is 1.56. The number of aliphatic carboxylic acids is 1. The lowest BCUT2D eigenvalue weighted by Crippen LogP contribution is -2.31. The van der Waals surface area contributed by atoms with Gasteiger partial charge in [0.05, 0.1) is 36.7 Å². The Morgan fingerprint density at radius 3 is 2.71 bits per heavy atom. The molecule has 3 atom stereocenters. The number of allylic oxidation sites excluding steroid dienone is 2. The van der Waals surface area contributed by atoms with E-state index in [1.54, 1.807) is 42.9 Å². The molecule has 2 aromatic carbocycles. The van der Waals surface area contributed by atoms with Gasteiger partial charge in [0.15, 0.2) is 6.29 Å². The standard InChI is InChI=1S/C28H30N2O8/c31-23-8-5-4-7-21(23)26-20(6-2-1-3-9-25(32)33)17-37-28(38-26)22-16-19(27(34)35)10-11-24(22)36-15-14-30-13-12-29-18-30/h1-2,4-5,7-8,10-13,16,18,20,26,28,31H,3,6,9,14-15,17H2,(H,32,33)(H,34,35)/b2-1-/t20-,26+,28+/m1/s1. The predicted molar refractivity (Wildman–Crippen MR) is 136 cm³/mol. The second-order valence-corrected chi connectivity index (χ2v) is 8.89. The lowest BCUT2D eigenvalue weighted by Gasteiger charge is -2.37. The third-order valence-corrected chi connectivity index (χ3v) is 6.21. The van der Waals surface area contributed by atoms with Crippen LogP contribution in [0.5, 0.6) is 11.5 Å². The van der Waals surface area contributed by atoms with Crippen LogP contribution < -0.4 is 4.74 Å². The number of nitrogens with zero attached hydrogens (tertiary/aromatic N) is 2. The Bertz CT molecular complexity index is 1260. The van der Waals surface area contributed by atoms with Crippen molar-refractivity contribution >= 4 is 11.9 Å². The molecule has 3 aromatic rings. The molecule has 1 aliphatic heterocycles. The molecule has 0 bridgehead atoms. The first-order valence-electron chi connectivity index (χ1n) is 12.3. The lowest BCUT2D eigenvalue weighted by atomic mass is 9.91. The van der Waals surface area contributed by atoms with Crippen LogP contribution in [0.1, 0.15) is 53.1 Å². The third kappa shape index (κ3) is 6.99. The molecule has 38 heavy (non-hydrogen) atoms. The summed E-state index contributed by atoms with van der Waals surface area (Å²) in [5.74, 6) is -1.61. The van der Waals surface area contributed by atoms with Crippen LogP contribution in [0.4, 0.5) is 0 Å². The van der Waals surface area contributed by atoms with E-state index in [4.69, 9.17) is 19.3 Å². The van der Waals surface area contributed by atoms with Crippen molar-refractivity contribution in [1.29, 1.82) is 0 Å². The van der Waals surface area contributed by atoms with Gasteiger partial charge in [-0.2, -0.15) is 0 Å². The number of hydrogen-bond donors (Lipinski definition) is 3. The van der Waals surface area contributed by atoms with Crippen LogP contribution in [0, 0.1) is 5.92 Å². The largest absolute Gasteiger partial charge is 0.508 e. The lowest BCUT2D eigenvalue weighted by molar-refractivity contribution is -0.244. The van der Waals surface area contributed by atoms with E-state index in [0.717, 1.165) is 0 Å². The van der Waals surface area contributed by atoms with E-state index in [9.17, 15) is 19.8 Å². The molecule has 0 radical (unpaired) electrons. The number of aromatic hydroxyl groups is 1. The fourth-order valence-electron chi connectivity index (χ4n) is 4.26. The second-order valence-electron chi connectivity index (χ2n) is 8.89. The van der Waals surface area contributed by atoms with Crippen molar-refractivity contribution in [3.05, 3.63) is 90.0 Å². The summed E-state index contributed by atoms with van der Waals surface area (Å²) < 4.78 is 20.3. The highest BCUT2D eigenvalue weighted by Crippen LogP contribution is 2.44. The third-order valence-electron chi connectivity index (χ3n) is 6.21. The number of aromatic nitrogens is 2. The number of aromatic carboxylic acids is 1. The van der Waals surface area contributed by atoms with Crippen molar-refractivity contribution < 1.29 is 39.1 Å². The number of carbonyl (C=O) groups is 2. The molecule has 4 rings (SSSR count). The van der Waals surface area contributed by atoms with Crippen LogP contribution in [-0.2, 0) is 20.8 Å². The van der Waals surface area contributed by atoms with Crippen molar-refractivity contribution in [2.24, 2.45) is 5.92 Å². The smallest absolute Gasteiger partial charge is 0.335 e. The van der Waals surface area contributed by atoms with Crippen LogP contribution in [0.25, 0.3) is 0 Å². The topological polar surface area (TPSA) is 140 Å². The highest BCUT2D eigenvalue weighted by Gasteiger charge is 2.36. The molecule has 0 aliphatic carbocycles. The average Bonchev–Trinajstić information content (AvgIpc) is 3.42. The van der Waals surface area contributed by atoms with Gasteiger partial charge in [0.25, 0.3) is 0 Å². The zero-order chi connectivity index (χ0) is 26.9. The number of carboxylic acids is 2. The van der Waals surface area contributed by atoms with Gasteiger partial charge in [-0.25, -0.2) is 9.78 Å². The van der Waals surface area contributed by atoms with Gasteiger partial charge in [-0.15, -0.1) is 0 Å². The second kappa shape index (κ2) is 12.9. The van der Waals surface area contributed by atoms with E-state index in [1.165, 1.54) is 12.1 Å². The summed E-state index contributed by atoms with van der Waals surface area (Å²) in [6.07, 6.45) is 8.37. The van der Waals surface area contributed by atoms with Crippen LogP contribution in [0.15, 0.2) is 73.3 Å². The number of phenols is 1. The van der Waals surface area contributed by atoms with Gasteiger partial charge in [0.1, 0.15) is 18.1 Å². The van der Waals surface area contributed by atoms with E-state index < -0.39 is 24.3 Å². The van der Waals surface area contributed by atoms with Crippen LogP contribution in [-0.4, -0.2) is 50.0 Å². The highest BCUT2D eigenvalue weighted by molar-refractivity contribution is 5.88.